The Kier molecular flexibility index (Phi) is 5.95. The molecule has 1 aromatic heterocycles. The molecule has 0 aliphatic carbocycles. The van der Waals surface area contributed by atoms with Crippen LogP contribution in [0.5, 0.6) is 0 Å². The molecule has 1 amide bonds. The number of nitrogens with one attached hydrogen (secondary N) is 1. The number of hydrogen-bond acceptors (Lipinski definition) is 3. The van der Waals surface area contributed by atoms with Crippen molar-refractivity contribution in [3.63, 3.8) is 0 Å². The van der Waals surface area contributed by atoms with Crippen LogP contribution in [0.1, 0.15) is 23.4 Å². The fourth-order valence-electron chi connectivity index (χ4n) is 2.29. The zero-order chi connectivity index (χ0) is 17.9. The summed E-state index contributed by atoms with van der Waals surface area (Å²) in [6.45, 7) is 6.31. The van der Waals surface area contributed by atoms with Gasteiger partial charge in [-0.15, -0.1) is 0 Å². The van der Waals surface area contributed by atoms with Crippen molar-refractivity contribution in [3.05, 3.63) is 45.7 Å². The van der Waals surface area contributed by atoms with E-state index >= 15 is 0 Å². The van der Waals surface area contributed by atoms with Crippen molar-refractivity contribution < 1.29 is 4.79 Å². The number of nitrogens with two attached hydrogens (primary N) is 1. The van der Waals surface area contributed by atoms with Gasteiger partial charge in [-0.05, 0) is 66.6 Å². The van der Waals surface area contributed by atoms with Gasteiger partial charge in [-0.25, -0.2) is 5.01 Å². The van der Waals surface area contributed by atoms with Gasteiger partial charge in [-0.1, -0.05) is 12.1 Å². The van der Waals surface area contributed by atoms with Crippen LogP contribution in [-0.2, 0) is 11.3 Å². The van der Waals surface area contributed by atoms with E-state index in [9.17, 15) is 4.79 Å². The second kappa shape index (κ2) is 7.76. The quantitative estimate of drug-likeness (QED) is 0.599. The van der Waals surface area contributed by atoms with Gasteiger partial charge in [0, 0.05) is 12.1 Å². The highest BCUT2D eigenvalue weighted by atomic mass is 79.9. The molecule has 0 saturated carbocycles. The molecule has 0 radical (unpaired) electrons. The number of carbonyl (C=O) groups excluding carboxylic acids is 1. The molecule has 0 spiro atoms. The zero-order valence-electron chi connectivity index (χ0n) is 13.8. The van der Waals surface area contributed by atoms with Gasteiger partial charge >= 0.3 is 0 Å². The third-order valence-electron chi connectivity index (χ3n) is 3.56. The molecule has 0 fully saturated rings. The maximum Gasteiger partial charge on any atom is 0.240 e. The molecule has 0 unspecified atom stereocenters. The Morgan fingerprint density at radius 1 is 1.42 bits per heavy atom. The number of aromatic nitrogens is 2. The molecular weight excluding hydrogens is 390 g/mol. The first-order valence-electron chi connectivity index (χ1n) is 7.45. The first-order valence-corrected chi connectivity index (χ1v) is 8.65. The van der Waals surface area contributed by atoms with E-state index in [1.165, 1.54) is 5.01 Å². The van der Waals surface area contributed by atoms with Gasteiger partial charge in [0.25, 0.3) is 0 Å². The Morgan fingerprint density at radius 2 is 2.12 bits per heavy atom. The molecule has 1 heterocycles. The maximum absolute atomic E-state index is 12.3. The zero-order valence-corrected chi connectivity index (χ0v) is 16.2. The predicted octanol–water partition coefficient (Wildman–Crippen LogP) is 2.74. The van der Waals surface area contributed by atoms with E-state index in [0.29, 0.717) is 6.54 Å². The van der Waals surface area contributed by atoms with E-state index in [1.807, 2.05) is 45.0 Å². The predicted molar refractivity (Wildman–Crippen MR) is 103 cm³/mol. The van der Waals surface area contributed by atoms with Gasteiger partial charge < -0.3 is 5.73 Å². The minimum absolute atomic E-state index is 0.0859. The summed E-state index contributed by atoms with van der Waals surface area (Å²) in [5.74, 6) is -0.187. The smallest absolute Gasteiger partial charge is 0.240 e. The van der Waals surface area contributed by atoms with Crippen LogP contribution in [0.2, 0.25) is 0 Å². The van der Waals surface area contributed by atoms with Crippen LogP contribution in [0.25, 0.3) is 0 Å². The normalized spacial score (nSPS) is 10.5. The highest BCUT2D eigenvalue weighted by molar-refractivity contribution is 9.10. The Morgan fingerprint density at radius 3 is 2.67 bits per heavy atom. The summed E-state index contributed by atoms with van der Waals surface area (Å²) in [7, 11) is 0. The van der Waals surface area contributed by atoms with Gasteiger partial charge in [0.2, 0.25) is 5.91 Å². The van der Waals surface area contributed by atoms with Crippen LogP contribution in [0.15, 0.2) is 28.7 Å². The lowest BCUT2D eigenvalue weighted by molar-refractivity contribution is -0.121. The molecule has 0 saturated heterocycles. The number of rotatable bonds is 4. The van der Waals surface area contributed by atoms with Crippen LogP contribution in [0.3, 0.4) is 0 Å². The van der Waals surface area contributed by atoms with E-state index in [-0.39, 0.29) is 17.4 Å². The lowest BCUT2D eigenvalue weighted by Gasteiger charge is -2.23. The number of hydrazine groups is 1. The molecule has 6 nitrogen and oxygen atoms in total. The van der Waals surface area contributed by atoms with Gasteiger partial charge in [-0.3, -0.25) is 14.9 Å². The molecule has 8 heteroatoms. The molecular formula is C16H20BrN5OS. The van der Waals surface area contributed by atoms with Crippen molar-refractivity contribution in [1.82, 2.24) is 15.2 Å². The molecule has 0 aliphatic heterocycles. The van der Waals surface area contributed by atoms with Gasteiger partial charge in [0.1, 0.15) is 0 Å². The van der Waals surface area contributed by atoms with Crippen LogP contribution in [0.4, 0.5) is 5.69 Å². The topological polar surface area (TPSA) is 76.2 Å². The molecule has 0 atom stereocenters. The molecule has 0 aliphatic rings. The SMILES string of the molecule is Cc1cccc(N(NC(=O)CCn2nc(C)c(Br)c2C)C(N)=S)c1. The van der Waals surface area contributed by atoms with Crippen molar-refractivity contribution in [2.24, 2.45) is 5.73 Å². The number of thiocarbonyl (C=S) groups is 1. The van der Waals surface area contributed by atoms with E-state index in [2.05, 4.69) is 26.5 Å². The van der Waals surface area contributed by atoms with Crippen molar-refractivity contribution >= 4 is 44.9 Å². The van der Waals surface area contributed by atoms with Crippen LogP contribution >= 0.6 is 28.1 Å². The van der Waals surface area contributed by atoms with Crippen molar-refractivity contribution in [2.45, 2.75) is 33.7 Å². The Balaban J connectivity index is 2.03. The van der Waals surface area contributed by atoms with E-state index in [4.69, 9.17) is 18.0 Å². The highest BCUT2D eigenvalue weighted by Gasteiger charge is 2.15. The highest BCUT2D eigenvalue weighted by Crippen LogP contribution is 2.20. The van der Waals surface area contributed by atoms with E-state index < -0.39 is 0 Å². The van der Waals surface area contributed by atoms with Gasteiger partial charge in [0.05, 0.1) is 22.4 Å². The van der Waals surface area contributed by atoms with Crippen molar-refractivity contribution in [3.8, 4) is 0 Å². The summed E-state index contributed by atoms with van der Waals surface area (Å²) in [5.41, 5.74) is 12.2. The molecule has 3 N–H and O–H groups in total. The summed E-state index contributed by atoms with van der Waals surface area (Å²) in [6.07, 6.45) is 0.263. The molecule has 2 aromatic rings. The minimum atomic E-state index is -0.187. The number of benzene rings is 1. The minimum Gasteiger partial charge on any atom is -0.374 e. The lowest BCUT2D eigenvalue weighted by Crippen LogP contribution is -2.49. The average Bonchev–Trinajstić information content (AvgIpc) is 2.77. The molecule has 1 aromatic carbocycles. The van der Waals surface area contributed by atoms with E-state index in [1.54, 1.807) is 4.68 Å². The Hall–Kier alpha value is -1.93. The van der Waals surface area contributed by atoms with Gasteiger partial charge in [-0.2, -0.15) is 5.10 Å². The number of halogens is 1. The summed E-state index contributed by atoms with van der Waals surface area (Å²) in [5, 5.41) is 5.90. The number of anilines is 1. The van der Waals surface area contributed by atoms with Crippen LogP contribution < -0.4 is 16.2 Å². The summed E-state index contributed by atoms with van der Waals surface area (Å²) < 4.78 is 2.77. The van der Waals surface area contributed by atoms with Crippen LogP contribution in [-0.4, -0.2) is 20.8 Å². The molecule has 24 heavy (non-hydrogen) atoms. The second-order valence-corrected chi connectivity index (χ2v) is 6.72. The first kappa shape index (κ1) is 18.4. The molecule has 2 rings (SSSR count). The fourth-order valence-corrected chi connectivity index (χ4v) is 2.73. The molecule has 128 valence electrons. The standard InChI is InChI=1S/C16H20BrN5OS/c1-10-5-4-6-13(9-10)22(16(18)24)20-14(23)7-8-21-12(3)15(17)11(2)19-21/h4-6,9H,7-8H2,1-3H3,(H2,18,24)(H,20,23). The third kappa shape index (κ3) is 4.33. The number of carbonyl (C=O) groups is 1. The van der Waals surface area contributed by atoms with Gasteiger partial charge in [0.15, 0.2) is 5.11 Å². The maximum atomic E-state index is 12.3. The molecule has 0 bridgehead atoms. The Labute approximate surface area is 155 Å². The second-order valence-electron chi connectivity index (χ2n) is 5.51. The number of hydrogen-bond donors (Lipinski definition) is 2. The first-order chi connectivity index (χ1) is 11.3. The van der Waals surface area contributed by atoms with E-state index in [0.717, 1.165) is 27.1 Å². The number of nitrogens with zero attached hydrogens (tertiary/aromatic N) is 3. The Bertz CT molecular complexity index is 774. The fraction of sp³-hybridized carbons (Fsp3) is 0.312. The largest absolute Gasteiger partial charge is 0.374 e. The number of amides is 1. The van der Waals surface area contributed by atoms with Crippen molar-refractivity contribution in [1.29, 1.82) is 0 Å². The third-order valence-corrected chi connectivity index (χ3v) is 4.89. The average molecular weight is 410 g/mol. The van der Waals surface area contributed by atoms with Crippen LogP contribution in [0, 0.1) is 20.8 Å². The number of aryl methyl sites for hydroxylation is 3. The van der Waals surface area contributed by atoms with Crippen molar-refractivity contribution in [2.75, 3.05) is 5.01 Å². The summed E-state index contributed by atoms with van der Waals surface area (Å²) in [6, 6.07) is 7.58. The monoisotopic (exact) mass is 409 g/mol. The summed E-state index contributed by atoms with van der Waals surface area (Å²) >= 11 is 8.52. The summed E-state index contributed by atoms with van der Waals surface area (Å²) in [4.78, 5) is 12.3. The lowest BCUT2D eigenvalue weighted by atomic mass is 10.2.